The predicted molar refractivity (Wildman–Crippen MR) is 132 cm³/mol. The third-order valence-corrected chi connectivity index (χ3v) is 7.79. The van der Waals surface area contributed by atoms with Crippen LogP contribution >= 0.6 is 11.6 Å². The number of amides is 3. The van der Waals surface area contributed by atoms with Crippen molar-refractivity contribution in [3.63, 3.8) is 0 Å². The molecule has 2 aliphatic rings. The lowest BCUT2D eigenvalue weighted by Gasteiger charge is -2.51. The van der Waals surface area contributed by atoms with Crippen LogP contribution in [-0.2, 0) is 20.0 Å². The van der Waals surface area contributed by atoms with Crippen molar-refractivity contribution in [2.75, 3.05) is 26.2 Å². The summed E-state index contributed by atoms with van der Waals surface area (Å²) in [6.07, 6.45) is 1.51. The summed E-state index contributed by atoms with van der Waals surface area (Å²) in [5.74, 6) is -0.198. The number of piperidine rings is 1. The number of carbonyl (C=O) groups excluding carboxylic acids is 3. The maximum atomic E-state index is 13.5. The van der Waals surface area contributed by atoms with Crippen LogP contribution in [0.4, 0.5) is 0 Å². The molecule has 3 unspecified atom stereocenters. The smallest absolute Gasteiger partial charge is 0.245 e. The Labute approximate surface area is 207 Å². The highest BCUT2D eigenvalue weighted by atomic mass is 35.5. The molecule has 7 nitrogen and oxygen atoms in total. The van der Waals surface area contributed by atoms with Crippen molar-refractivity contribution in [1.82, 2.24) is 15.1 Å². The third kappa shape index (κ3) is 5.57. The number of nitrogens with zero attached hydrogens (tertiary/aromatic N) is 2. The average Bonchev–Trinajstić information content (AvgIpc) is 3.22. The third-order valence-electron chi connectivity index (χ3n) is 7.54. The number of hydrogen-bond donors (Lipinski definition) is 2. The molecule has 2 aliphatic heterocycles. The lowest BCUT2D eigenvalue weighted by atomic mass is 9.66. The number of aliphatic hydroxyl groups is 1. The van der Waals surface area contributed by atoms with Gasteiger partial charge in [-0.1, -0.05) is 51.4 Å². The second kappa shape index (κ2) is 10.2. The first-order chi connectivity index (χ1) is 15.8. The summed E-state index contributed by atoms with van der Waals surface area (Å²) in [5.41, 5.74) is -0.894. The van der Waals surface area contributed by atoms with Crippen molar-refractivity contribution in [2.45, 2.75) is 65.5 Å². The first-order valence-electron chi connectivity index (χ1n) is 12.2. The molecular weight excluding hydrogens is 454 g/mol. The largest absolute Gasteiger partial charge is 0.384 e. The molecule has 3 amide bonds. The molecule has 0 aromatic heterocycles. The average molecular weight is 492 g/mol. The van der Waals surface area contributed by atoms with E-state index in [0.717, 1.165) is 12.0 Å². The van der Waals surface area contributed by atoms with Crippen LogP contribution in [0.15, 0.2) is 24.3 Å². The Hall–Kier alpha value is -2.12. The van der Waals surface area contributed by atoms with Crippen molar-refractivity contribution >= 4 is 29.3 Å². The van der Waals surface area contributed by atoms with E-state index in [1.54, 1.807) is 28.9 Å². The monoisotopic (exact) mass is 491 g/mol. The summed E-state index contributed by atoms with van der Waals surface area (Å²) >= 11 is 6.03. The van der Waals surface area contributed by atoms with E-state index in [0.29, 0.717) is 44.0 Å². The van der Waals surface area contributed by atoms with Gasteiger partial charge in [-0.2, -0.15) is 0 Å². The van der Waals surface area contributed by atoms with E-state index < -0.39 is 17.1 Å². The molecule has 34 heavy (non-hydrogen) atoms. The molecule has 3 rings (SSSR count). The van der Waals surface area contributed by atoms with E-state index in [2.05, 4.69) is 5.32 Å². The molecule has 8 heteroatoms. The molecular formula is C26H38ClN3O4. The number of likely N-dealkylation sites (tertiary alicyclic amines) is 2. The Kier molecular flexibility index (Phi) is 7.98. The molecule has 1 aromatic rings. The zero-order valence-electron chi connectivity index (χ0n) is 20.9. The molecule has 2 N–H and O–H groups in total. The topological polar surface area (TPSA) is 90.0 Å². The summed E-state index contributed by atoms with van der Waals surface area (Å²) < 4.78 is 0. The van der Waals surface area contributed by atoms with E-state index in [9.17, 15) is 19.5 Å². The molecule has 2 saturated heterocycles. The van der Waals surface area contributed by atoms with Gasteiger partial charge in [0.25, 0.3) is 0 Å². The highest BCUT2D eigenvalue weighted by Crippen LogP contribution is 2.46. The quantitative estimate of drug-likeness (QED) is 0.639. The summed E-state index contributed by atoms with van der Waals surface area (Å²) in [5, 5.41) is 15.2. The minimum atomic E-state index is -1.09. The van der Waals surface area contributed by atoms with Gasteiger partial charge in [-0.15, -0.1) is 0 Å². The van der Waals surface area contributed by atoms with Crippen molar-refractivity contribution < 1.29 is 19.5 Å². The second-order valence-electron chi connectivity index (χ2n) is 10.9. The Balaban J connectivity index is 1.65. The lowest BCUT2D eigenvalue weighted by molar-refractivity contribution is -0.156. The minimum absolute atomic E-state index is 0.0319. The van der Waals surface area contributed by atoms with Crippen LogP contribution in [0, 0.1) is 17.3 Å². The molecule has 1 aromatic carbocycles. The van der Waals surface area contributed by atoms with Crippen molar-refractivity contribution in [1.29, 1.82) is 0 Å². The number of hydrogen-bond acceptors (Lipinski definition) is 4. The first kappa shape index (κ1) is 26.5. The van der Waals surface area contributed by atoms with E-state index >= 15 is 0 Å². The van der Waals surface area contributed by atoms with Crippen LogP contribution in [0.25, 0.3) is 0 Å². The highest BCUT2D eigenvalue weighted by molar-refractivity contribution is 6.30. The van der Waals surface area contributed by atoms with E-state index in [-0.39, 0.29) is 29.6 Å². The van der Waals surface area contributed by atoms with Gasteiger partial charge in [-0.3, -0.25) is 14.4 Å². The second-order valence-corrected chi connectivity index (χ2v) is 11.3. The number of halogens is 1. The fourth-order valence-corrected chi connectivity index (χ4v) is 5.39. The molecule has 188 valence electrons. The molecule has 0 aliphatic carbocycles. The molecule has 0 radical (unpaired) electrons. The predicted octanol–water partition coefficient (Wildman–Crippen LogP) is 3.19. The fraction of sp³-hybridized carbons (Fsp3) is 0.654. The van der Waals surface area contributed by atoms with Gasteiger partial charge in [0.15, 0.2) is 0 Å². The van der Waals surface area contributed by atoms with E-state index in [4.69, 9.17) is 11.6 Å². The number of carbonyl (C=O) groups is 3. The van der Waals surface area contributed by atoms with Gasteiger partial charge in [0.2, 0.25) is 17.7 Å². The normalized spacial score (nSPS) is 25.4. The molecule has 0 spiro atoms. The Bertz CT molecular complexity index is 917. The van der Waals surface area contributed by atoms with Crippen molar-refractivity contribution in [2.24, 2.45) is 17.3 Å². The SMILES string of the molecule is CC(=O)N1CCC(CC(=O)NC(C(=O)N2CCC(O)(c3ccc(Cl)cc3)C(C)(C)C2)C(C)C)C1. The van der Waals surface area contributed by atoms with Gasteiger partial charge in [0.1, 0.15) is 6.04 Å². The maximum Gasteiger partial charge on any atom is 0.245 e. The van der Waals surface area contributed by atoms with Crippen molar-refractivity contribution in [3.05, 3.63) is 34.9 Å². The van der Waals surface area contributed by atoms with Gasteiger partial charge in [-0.25, -0.2) is 0 Å². The van der Waals surface area contributed by atoms with E-state index in [1.165, 1.54) is 0 Å². The van der Waals surface area contributed by atoms with Crippen LogP contribution in [0.5, 0.6) is 0 Å². The van der Waals surface area contributed by atoms with Crippen LogP contribution in [0.2, 0.25) is 5.02 Å². The Morgan fingerprint density at radius 2 is 1.79 bits per heavy atom. The molecule has 2 fully saturated rings. The van der Waals surface area contributed by atoms with Crippen LogP contribution in [-0.4, -0.2) is 64.8 Å². The maximum absolute atomic E-state index is 13.5. The van der Waals surface area contributed by atoms with Crippen LogP contribution in [0.1, 0.15) is 59.4 Å². The molecule has 0 bridgehead atoms. The van der Waals surface area contributed by atoms with Crippen LogP contribution in [0.3, 0.4) is 0 Å². The standard InChI is InChI=1S/C26H38ClN3O4/c1-17(2)23(28-22(32)14-19-10-12-29(15-19)18(3)31)24(33)30-13-11-26(34,25(4,5)16-30)20-6-8-21(27)9-7-20/h6-9,17,19,23,34H,10-16H2,1-5H3,(H,28,32). The first-order valence-corrected chi connectivity index (χ1v) is 12.5. The summed E-state index contributed by atoms with van der Waals surface area (Å²) in [6, 6.07) is 6.60. The Morgan fingerprint density at radius 3 is 2.32 bits per heavy atom. The number of rotatable bonds is 6. The van der Waals surface area contributed by atoms with Gasteiger partial charge < -0.3 is 20.2 Å². The molecule has 0 saturated carbocycles. The summed E-state index contributed by atoms with van der Waals surface area (Å²) in [4.78, 5) is 41.4. The summed E-state index contributed by atoms with van der Waals surface area (Å²) in [6.45, 7) is 11.4. The highest BCUT2D eigenvalue weighted by Gasteiger charge is 2.50. The van der Waals surface area contributed by atoms with E-state index in [1.807, 2.05) is 39.8 Å². The van der Waals surface area contributed by atoms with Gasteiger partial charge in [0, 0.05) is 50.0 Å². The summed E-state index contributed by atoms with van der Waals surface area (Å²) in [7, 11) is 0. The fourth-order valence-electron chi connectivity index (χ4n) is 5.26. The molecule has 3 atom stereocenters. The molecule has 2 heterocycles. The Morgan fingerprint density at radius 1 is 1.15 bits per heavy atom. The minimum Gasteiger partial charge on any atom is -0.384 e. The van der Waals surface area contributed by atoms with Gasteiger partial charge in [-0.05, 0) is 42.4 Å². The van der Waals surface area contributed by atoms with Crippen LogP contribution < -0.4 is 5.32 Å². The zero-order chi connectivity index (χ0) is 25.3. The lowest BCUT2D eigenvalue weighted by Crippen LogP contribution is -2.60. The van der Waals surface area contributed by atoms with Crippen molar-refractivity contribution in [3.8, 4) is 0 Å². The van der Waals surface area contributed by atoms with Gasteiger partial charge in [0.05, 0.1) is 5.60 Å². The number of benzene rings is 1. The van der Waals surface area contributed by atoms with Gasteiger partial charge >= 0.3 is 0 Å². The number of nitrogens with one attached hydrogen (secondary N) is 1. The zero-order valence-corrected chi connectivity index (χ0v) is 21.7.